The maximum absolute atomic E-state index is 5.26. The van der Waals surface area contributed by atoms with Gasteiger partial charge >= 0.3 is 0 Å². The normalized spacial score (nSPS) is 15.1. The Morgan fingerprint density at radius 3 is 2.64 bits per heavy atom. The van der Waals surface area contributed by atoms with Crippen molar-refractivity contribution in [2.24, 2.45) is 0 Å². The second kappa shape index (κ2) is 9.19. The number of fused-ring (bicyclic) bond motifs is 1. The van der Waals surface area contributed by atoms with Gasteiger partial charge in [0, 0.05) is 23.2 Å². The van der Waals surface area contributed by atoms with Crippen LogP contribution in [0.25, 0.3) is 22.3 Å². The first-order valence-electron chi connectivity index (χ1n) is 11.5. The monoisotopic (exact) mass is 442 g/mol. The average Bonchev–Trinajstić information content (AvgIpc) is 3.15. The van der Waals surface area contributed by atoms with Crippen molar-refractivity contribution in [1.82, 2.24) is 24.6 Å². The number of hydrogen-bond donors (Lipinski definition) is 1. The van der Waals surface area contributed by atoms with Crippen LogP contribution in [0.1, 0.15) is 24.1 Å². The second-order valence-corrected chi connectivity index (χ2v) is 8.82. The van der Waals surface area contributed by atoms with Crippen molar-refractivity contribution in [2.45, 2.75) is 32.4 Å². The zero-order valence-electron chi connectivity index (χ0n) is 19.5. The fourth-order valence-electron chi connectivity index (χ4n) is 4.40. The molecule has 7 heteroatoms. The summed E-state index contributed by atoms with van der Waals surface area (Å²) in [5.41, 5.74) is 4.92. The number of piperidine rings is 1. The Hall–Kier alpha value is -3.45. The smallest absolute Gasteiger partial charge is 0.158 e. The van der Waals surface area contributed by atoms with E-state index in [1.165, 1.54) is 0 Å². The van der Waals surface area contributed by atoms with E-state index >= 15 is 0 Å². The molecule has 33 heavy (non-hydrogen) atoms. The molecule has 0 unspecified atom stereocenters. The number of nitrogens with zero attached hydrogens (tertiary/aromatic N) is 5. The van der Waals surface area contributed by atoms with Crippen LogP contribution in [0.15, 0.2) is 54.7 Å². The van der Waals surface area contributed by atoms with Gasteiger partial charge in [0.05, 0.1) is 25.0 Å². The Morgan fingerprint density at radius 2 is 1.88 bits per heavy atom. The van der Waals surface area contributed by atoms with Crippen molar-refractivity contribution in [3.05, 3.63) is 66.0 Å². The van der Waals surface area contributed by atoms with Crippen molar-refractivity contribution >= 4 is 16.9 Å². The standard InChI is InChI=1S/C26H30N6O/c1-18-23-15-20(24-5-4-6-25(29-24)28-21-11-13-31(2)14-12-21)16-27-26(23)32(30-18)17-19-7-9-22(33-3)10-8-19/h4-10,15-16,21H,11-14,17H2,1-3H3,(H,28,29). The van der Waals surface area contributed by atoms with Gasteiger partial charge in [-0.2, -0.15) is 5.10 Å². The number of aromatic nitrogens is 4. The lowest BCUT2D eigenvalue weighted by molar-refractivity contribution is 0.263. The zero-order valence-corrected chi connectivity index (χ0v) is 19.5. The average molecular weight is 443 g/mol. The first-order valence-corrected chi connectivity index (χ1v) is 11.5. The molecule has 0 aliphatic carbocycles. The molecule has 0 bridgehead atoms. The van der Waals surface area contributed by atoms with E-state index in [-0.39, 0.29) is 0 Å². The van der Waals surface area contributed by atoms with Gasteiger partial charge in [-0.25, -0.2) is 14.6 Å². The predicted octanol–water partition coefficient (Wildman–Crippen LogP) is 4.36. The molecular formula is C26H30N6O. The molecule has 0 amide bonds. The quantitative estimate of drug-likeness (QED) is 0.478. The SMILES string of the molecule is COc1ccc(Cn2nc(C)c3cc(-c4cccc(NC5CCN(C)CC5)n4)cnc32)cc1. The summed E-state index contributed by atoms with van der Waals surface area (Å²) in [6, 6.07) is 16.8. The number of pyridine rings is 2. The van der Waals surface area contributed by atoms with Gasteiger partial charge in [0.1, 0.15) is 11.6 Å². The van der Waals surface area contributed by atoms with Crippen LogP contribution in [0.4, 0.5) is 5.82 Å². The molecule has 4 heterocycles. The minimum atomic E-state index is 0.475. The van der Waals surface area contributed by atoms with Crippen LogP contribution in [-0.2, 0) is 6.54 Å². The van der Waals surface area contributed by atoms with E-state index in [0.29, 0.717) is 12.6 Å². The highest BCUT2D eigenvalue weighted by Crippen LogP contribution is 2.26. The molecule has 3 aromatic heterocycles. The number of nitrogens with one attached hydrogen (secondary N) is 1. The molecule has 1 N–H and O–H groups in total. The van der Waals surface area contributed by atoms with Crippen LogP contribution >= 0.6 is 0 Å². The maximum Gasteiger partial charge on any atom is 0.158 e. The molecule has 1 saturated heterocycles. The van der Waals surface area contributed by atoms with Gasteiger partial charge in [-0.15, -0.1) is 0 Å². The molecular weight excluding hydrogens is 412 g/mol. The van der Waals surface area contributed by atoms with Crippen LogP contribution in [0, 0.1) is 6.92 Å². The van der Waals surface area contributed by atoms with E-state index in [0.717, 1.165) is 71.0 Å². The number of methoxy groups -OCH3 is 1. The Morgan fingerprint density at radius 1 is 1.09 bits per heavy atom. The topological polar surface area (TPSA) is 68.1 Å². The van der Waals surface area contributed by atoms with E-state index in [9.17, 15) is 0 Å². The summed E-state index contributed by atoms with van der Waals surface area (Å²) < 4.78 is 7.22. The van der Waals surface area contributed by atoms with E-state index in [1.807, 2.05) is 42.1 Å². The number of benzene rings is 1. The lowest BCUT2D eigenvalue weighted by Crippen LogP contribution is -2.36. The van der Waals surface area contributed by atoms with Crippen LogP contribution in [-0.4, -0.2) is 57.9 Å². The van der Waals surface area contributed by atoms with Gasteiger partial charge in [-0.3, -0.25) is 0 Å². The number of aryl methyl sites for hydroxylation is 1. The molecule has 0 spiro atoms. The molecule has 0 radical (unpaired) electrons. The molecule has 170 valence electrons. The summed E-state index contributed by atoms with van der Waals surface area (Å²) in [6.45, 7) is 4.94. The summed E-state index contributed by atoms with van der Waals surface area (Å²) in [7, 11) is 3.86. The highest BCUT2D eigenvalue weighted by molar-refractivity contribution is 5.83. The van der Waals surface area contributed by atoms with Gasteiger partial charge in [0.25, 0.3) is 0 Å². The molecule has 0 saturated carbocycles. The van der Waals surface area contributed by atoms with Crippen molar-refractivity contribution in [2.75, 3.05) is 32.6 Å². The van der Waals surface area contributed by atoms with Gasteiger partial charge in [-0.1, -0.05) is 18.2 Å². The Kier molecular flexibility index (Phi) is 5.96. The summed E-state index contributed by atoms with van der Waals surface area (Å²) in [6.07, 6.45) is 4.18. The third kappa shape index (κ3) is 4.68. The number of anilines is 1. The third-order valence-corrected chi connectivity index (χ3v) is 6.38. The Labute approximate surface area is 194 Å². The van der Waals surface area contributed by atoms with Gasteiger partial charge in [0.2, 0.25) is 0 Å². The number of hydrogen-bond acceptors (Lipinski definition) is 6. The fourth-order valence-corrected chi connectivity index (χ4v) is 4.40. The molecule has 1 aromatic carbocycles. The summed E-state index contributed by atoms with van der Waals surface area (Å²) in [5, 5.41) is 9.42. The van der Waals surface area contributed by atoms with Gasteiger partial charge in [0.15, 0.2) is 5.65 Å². The van der Waals surface area contributed by atoms with Crippen LogP contribution in [0.2, 0.25) is 0 Å². The van der Waals surface area contributed by atoms with Crippen molar-refractivity contribution in [3.63, 3.8) is 0 Å². The molecule has 0 atom stereocenters. The Bertz CT molecular complexity index is 1240. The largest absolute Gasteiger partial charge is 0.497 e. The second-order valence-electron chi connectivity index (χ2n) is 8.82. The fraction of sp³-hybridized carbons (Fsp3) is 0.346. The molecule has 7 nitrogen and oxygen atoms in total. The summed E-state index contributed by atoms with van der Waals surface area (Å²) >= 11 is 0. The first-order chi connectivity index (χ1) is 16.1. The van der Waals surface area contributed by atoms with E-state index in [2.05, 4.69) is 41.5 Å². The van der Waals surface area contributed by atoms with Crippen LogP contribution in [0.5, 0.6) is 5.75 Å². The number of rotatable bonds is 6. The number of ether oxygens (including phenoxy) is 1. The highest BCUT2D eigenvalue weighted by atomic mass is 16.5. The molecule has 5 rings (SSSR count). The summed E-state index contributed by atoms with van der Waals surface area (Å²) in [5.74, 6) is 1.78. The van der Waals surface area contributed by atoms with Crippen molar-refractivity contribution < 1.29 is 4.74 Å². The van der Waals surface area contributed by atoms with Crippen LogP contribution in [0.3, 0.4) is 0 Å². The van der Waals surface area contributed by atoms with Crippen molar-refractivity contribution in [1.29, 1.82) is 0 Å². The lowest BCUT2D eigenvalue weighted by atomic mass is 10.1. The highest BCUT2D eigenvalue weighted by Gasteiger charge is 2.17. The van der Waals surface area contributed by atoms with Gasteiger partial charge in [-0.05, 0) is 75.8 Å². The minimum absolute atomic E-state index is 0.475. The maximum atomic E-state index is 5.26. The number of likely N-dealkylation sites (tertiary alicyclic amines) is 1. The third-order valence-electron chi connectivity index (χ3n) is 6.38. The van der Waals surface area contributed by atoms with E-state index in [4.69, 9.17) is 19.8 Å². The van der Waals surface area contributed by atoms with E-state index in [1.54, 1.807) is 7.11 Å². The Balaban J connectivity index is 1.38. The van der Waals surface area contributed by atoms with Crippen molar-refractivity contribution in [3.8, 4) is 17.0 Å². The molecule has 1 aliphatic heterocycles. The molecule has 4 aromatic rings. The predicted molar refractivity (Wildman–Crippen MR) is 132 cm³/mol. The minimum Gasteiger partial charge on any atom is -0.497 e. The first kappa shape index (κ1) is 21.4. The zero-order chi connectivity index (χ0) is 22.8. The van der Waals surface area contributed by atoms with Crippen LogP contribution < -0.4 is 10.1 Å². The molecule has 1 aliphatic rings. The lowest BCUT2D eigenvalue weighted by Gasteiger charge is -2.29. The molecule has 1 fully saturated rings. The summed E-state index contributed by atoms with van der Waals surface area (Å²) in [4.78, 5) is 12.0. The van der Waals surface area contributed by atoms with Gasteiger partial charge < -0.3 is 15.0 Å². The van der Waals surface area contributed by atoms with E-state index < -0.39 is 0 Å².